The fourth-order valence-corrected chi connectivity index (χ4v) is 2.96. The minimum absolute atomic E-state index is 0.162. The summed E-state index contributed by atoms with van der Waals surface area (Å²) in [4.78, 5) is 29.6. The molecule has 2 heterocycles. The van der Waals surface area contributed by atoms with Gasteiger partial charge in [0.1, 0.15) is 11.1 Å². The van der Waals surface area contributed by atoms with Crippen molar-refractivity contribution in [1.82, 2.24) is 9.88 Å². The summed E-state index contributed by atoms with van der Waals surface area (Å²) < 4.78 is 5.58. The van der Waals surface area contributed by atoms with Gasteiger partial charge in [-0.1, -0.05) is 12.1 Å². The number of amides is 1. The van der Waals surface area contributed by atoms with E-state index in [0.29, 0.717) is 30.9 Å². The van der Waals surface area contributed by atoms with E-state index < -0.39 is 11.5 Å². The second-order valence-corrected chi connectivity index (χ2v) is 5.80. The molecular formula is C16H18N2O4. The number of benzene rings is 1. The van der Waals surface area contributed by atoms with Crippen LogP contribution in [0.15, 0.2) is 28.7 Å². The first kappa shape index (κ1) is 14.6. The minimum atomic E-state index is -1.08. The number of aryl methyl sites for hydroxylation is 1. The third-order valence-electron chi connectivity index (χ3n) is 4.29. The first-order valence-corrected chi connectivity index (χ1v) is 7.39. The van der Waals surface area contributed by atoms with Crippen LogP contribution in [0.5, 0.6) is 0 Å². The number of aromatic nitrogens is 1. The number of rotatable bonds is 4. The average molecular weight is 302 g/mol. The number of hydrogen-bond donors (Lipinski definition) is 1. The van der Waals surface area contributed by atoms with E-state index in [4.69, 9.17) is 4.42 Å². The highest BCUT2D eigenvalue weighted by Gasteiger charge is 2.45. The van der Waals surface area contributed by atoms with Crippen LogP contribution in [0.4, 0.5) is 0 Å². The Bertz CT molecular complexity index is 691. The van der Waals surface area contributed by atoms with Gasteiger partial charge in [-0.2, -0.15) is 0 Å². The number of carboxylic acid groups (broad SMARTS) is 1. The molecule has 0 saturated carbocycles. The average Bonchev–Trinajstić information content (AvgIpc) is 3.08. The molecule has 6 heteroatoms. The van der Waals surface area contributed by atoms with Crippen molar-refractivity contribution < 1.29 is 19.1 Å². The van der Waals surface area contributed by atoms with E-state index >= 15 is 0 Å². The van der Waals surface area contributed by atoms with E-state index in [1.807, 2.05) is 24.3 Å². The Morgan fingerprint density at radius 3 is 2.91 bits per heavy atom. The molecule has 6 nitrogen and oxygen atoms in total. The number of nitrogens with zero attached hydrogens (tertiary/aromatic N) is 2. The van der Waals surface area contributed by atoms with E-state index in [-0.39, 0.29) is 12.3 Å². The Hall–Kier alpha value is -2.37. The fraction of sp³-hybridized carbons (Fsp3) is 0.438. The van der Waals surface area contributed by atoms with Gasteiger partial charge in [0.2, 0.25) is 5.91 Å². The fourth-order valence-electron chi connectivity index (χ4n) is 2.96. The number of hydrogen-bond acceptors (Lipinski definition) is 4. The van der Waals surface area contributed by atoms with Gasteiger partial charge < -0.3 is 14.4 Å². The number of aliphatic carboxylic acids is 1. The molecule has 3 rings (SSSR count). The molecular weight excluding hydrogens is 284 g/mol. The lowest BCUT2D eigenvalue weighted by molar-refractivity contribution is -0.155. The number of oxazole rings is 1. The molecule has 0 aliphatic carbocycles. The molecule has 116 valence electrons. The van der Waals surface area contributed by atoms with Crippen LogP contribution in [0.2, 0.25) is 0 Å². The Morgan fingerprint density at radius 2 is 2.18 bits per heavy atom. The van der Waals surface area contributed by atoms with Gasteiger partial charge in [-0.3, -0.25) is 4.79 Å². The van der Waals surface area contributed by atoms with Crippen molar-refractivity contribution in [3.63, 3.8) is 0 Å². The topological polar surface area (TPSA) is 83.6 Å². The van der Waals surface area contributed by atoms with Crippen molar-refractivity contribution in [3.8, 4) is 0 Å². The third kappa shape index (κ3) is 2.45. The van der Waals surface area contributed by atoms with Crippen LogP contribution in [0.3, 0.4) is 0 Å². The van der Waals surface area contributed by atoms with Crippen LogP contribution < -0.4 is 0 Å². The number of para-hydroxylation sites is 2. The van der Waals surface area contributed by atoms with Crippen LogP contribution in [-0.2, 0) is 16.0 Å². The summed E-state index contributed by atoms with van der Waals surface area (Å²) in [6.45, 7) is 2.11. The van der Waals surface area contributed by atoms with Gasteiger partial charge in [-0.25, -0.2) is 9.78 Å². The molecule has 2 aromatic rings. The normalized spacial score (nSPS) is 21.4. The van der Waals surface area contributed by atoms with Crippen LogP contribution in [0.25, 0.3) is 11.1 Å². The molecule has 1 aliphatic rings. The zero-order valence-corrected chi connectivity index (χ0v) is 12.4. The monoisotopic (exact) mass is 302 g/mol. The first-order valence-electron chi connectivity index (χ1n) is 7.39. The molecule has 1 atom stereocenters. The highest BCUT2D eigenvalue weighted by atomic mass is 16.4. The van der Waals surface area contributed by atoms with E-state index in [2.05, 4.69) is 4.98 Å². The maximum atomic E-state index is 12.3. The molecule has 1 saturated heterocycles. The van der Waals surface area contributed by atoms with Crippen molar-refractivity contribution in [3.05, 3.63) is 30.2 Å². The van der Waals surface area contributed by atoms with Crippen molar-refractivity contribution >= 4 is 23.0 Å². The van der Waals surface area contributed by atoms with Crippen molar-refractivity contribution in [2.24, 2.45) is 0 Å². The SMILES string of the molecule is CC1(C(=O)O)CCCN1C(=O)CCc1nc2ccccc2o1. The quantitative estimate of drug-likeness (QED) is 0.936. The number of carboxylic acids is 1. The van der Waals surface area contributed by atoms with Gasteiger partial charge in [0, 0.05) is 19.4 Å². The Morgan fingerprint density at radius 1 is 1.41 bits per heavy atom. The van der Waals surface area contributed by atoms with Gasteiger partial charge >= 0.3 is 5.97 Å². The largest absolute Gasteiger partial charge is 0.480 e. The molecule has 1 unspecified atom stereocenters. The predicted octanol–water partition coefficient (Wildman–Crippen LogP) is 2.23. The lowest BCUT2D eigenvalue weighted by atomic mass is 9.99. The van der Waals surface area contributed by atoms with E-state index in [1.165, 1.54) is 4.90 Å². The van der Waals surface area contributed by atoms with Crippen LogP contribution in [-0.4, -0.2) is 39.0 Å². The zero-order chi connectivity index (χ0) is 15.7. The van der Waals surface area contributed by atoms with Crippen molar-refractivity contribution in [1.29, 1.82) is 0 Å². The lowest BCUT2D eigenvalue weighted by Gasteiger charge is -2.31. The number of carbonyl (C=O) groups excluding carboxylic acids is 1. The van der Waals surface area contributed by atoms with Crippen LogP contribution >= 0.6 is 0 Å². The molecule has 1 aliphatic heterocycles. The molecule has 1 fully saturated rings. The molecule has 1 aromatic heterocycles. The van der Waals surface area contributed by atoms with Gasteiger partial charge in [-0.05, 0) is 31.9 Å². The summed E-state index contributed by atoms with van der Waals surface area (Å²) in [7, 11) is 0. The van der Waals surface area contributed by atoms with Gasteiger partial charge in [0.15, 0.2) is 11.5 Å². The van der Waals surface area contributed by atoms with Crippen LogP contribution in [0, 0.1) is 0 Å². The standard InChI is InChI=1S/C16H18N2O4/c1-16(15(20)21)9-4-10-18(16)14(19)8-7-13-17-11-5-2-3-6-12(11)22-13/h2-3,5-6H,4,7-10H2,1H3,(H,20,21). The highest BCUT2D eigenvalue weighted by Crippen LogP contribution is 2.30. The molecule has 1 amide bonds. The minimum Gasteiger partial charge on any atom is -0.480 e. The molecule has 0 bridgehead atoms. The smallest absolute Gasteiger partial charge is 0.329 e. The molecule has 1 aromatic carbocycles. The highest BCUT2D eigenvalue weighted by molar-refractivity contribution is 5.87. The Balaban J connectivity index is 1.68. The molecule has 0 spiro atoms. The van der Waals surface area contributed by atoms with E-state index in [1.54, 1.807) is 6.92 Å². The first-order chi connectivity index (χ1) is 10.5. The lowest BCUT2D eigenvalue weighted by Crippen LogP contribution is -2.50. The number of likely N-dealkylation sites (tertiary alicyclic amines) is 1. The summed E-state index contributed by atoms with van der Waals surface area (Å²) in [6, 6.07) is 7.43. The van der Waals surface area contributed by atoms with Crippen molar-refractivity contribution in [2.45, 2.75) is 38.1 Å². The van der Waals surface area contributed by atoms with Gasteiger partial charge in [-0.15, -0.1) is 0 Å². The molecule has 0 radical (unpaired) electrons. The van der Waals surface area contributed by atoms with E-state index in [0.717, 1.165) is 11.9 Å². The van der Waals surface area contributed by atoms with Crippen molar-refractivity contribution in [2.75, 3.05) is 6.54 Å². The van der Waals surface area contributed by atoms with Crippen LogP contribution in [0.1, 0.15) is 32.1 Å². The third-order valence-corrected chi connectivity index (χ3v) is 4.29. The molecule has 22 heavy (non-hydrogen) atoms. The van der Waals surface area contributed by atoms with Gasteiger partial charge in [0.25, 0.3) is 0 Å². The zero-order valence-electron chi connectivity index (χ0n) is 12.4. The summed E-state index contributed by atoms with van der Waals surface area (Å²) in [5.74, 6) is -0.601. The number of carbonyl (C=O) groups is 2. The maximum absolute atomic E-state index is 12.3. The summed E-state index contributed by atoms with van der Waals surface area (Å²) in [5, 5.41) is 9.35. The second-order valence-electron chi connectivity index (χ2n) is 5.80. The summed E-state index contributed by atoms with van der Waals surface area (Å²) >= 11 is 0. The van der Waals surface area contributed by atoms with Gasteiger partial charge in [0.05, 0.1) is 0 Å². The summed E-state index contributed by atoms with van der Waals surface area (Å²) in [6.07, 6.45) is 1.80. The molecule has 1 N–H and O–H groups in total. The summed E-state index contributed by atoms with van der Waals surface area (Å²) in [5.41, 5.74) is 0.376. The second kappa shape index (κ2) is 5.44. The Labute approximate surface area is 127 Å². The van der Waals surface area contributed by atoms with E-state index in [9.17, 15) is 14.7 Å². The maximum Gasteiger partial charge on any atom is 0.329 e. The number of fused-ring (bicyclic) bond motifs is 1. The Kier molecular flexibility index (Phi) is 3.60. The predicted molar refractivity (Wildman–Crippen MR) is 79.3 cm³/mol.